The number of para-hydroxylation sites is 1. The minimum atomic E-state index is -0.268. The van der Waals surface area contributed by atoms with Gasteiger partial charge in [0.2, 0.25) is 0 Å². The van der Waals surface area contributed by atoms with E-state index in [1.165, 1.54) is 0 Å². The zero-order valence-corrected chi connectivity index (χ0v) is 16.2. The van der Waals surface area contributed by atoms with Crippen LogP contribution in [0.15, 0.2) is 79.0 Å². The summed E-state index contributed by atoms with van der Waals surface area (Å²) in [4.78, 5) is 17.4. The highest BCUT2D eigenvalue weighted by Crippen LogP contribution is 2.26. The Hall–Kier alpha value is -3.93. The van der Waals surface area contributed by atoms with Gasteiger partial charge in [-0.25, -0.2) is 9.67 Å². The Balaban J connectivity index is 1.75. The lowest BCUT2D eigenvalue weighted by Crippen LogP contribution is -2.13. The van der Waals surface area contributed by atoms with Gasteiger partial charge in [-0.2, -0.15) is 5.10 Å². The van der Waals surface area contributed by atoms with Crippen LogP contribution in [-0.2, 0) is 0 Å². The number of benzene rings is 2. The first kappa shape index (κ1) is 18.4. The summed E-state index contributed by atoms with van der Waals surface area (Å²) in [5.41, 5.74) is 3.57. The van der Waals surface area contributed by atoms with Gasteiger partial charge in [-0.3, -0.25) is 4.79 Å². The van der Waals surface area contributed by atoms with Gasteiger partial charge in [0.1, 0.15) is 17.3 Å². The second kappa shape index (κ2) is 7.98. The summed E-state index contributed by atoms with van der Waals surface area (Å²) >= 11 is 0. The molecule has 0 saturated carbocycles. The quantitative estimate of drug-likeness (QED) is 0.550. The molecule has 0 bridgehead atoms. The molecule has 2 aromatic carbocycles. The highest BCUT2D eigenvalue weighted by atomic mass is 16.5. The van der Waals surface area contributed by atoms with E-state index in [0.29, 0.717) is 17.1 Å². The van der Waals surface area contributed by atoms with Gasteiger partial charge in [0.05, 0.1) is 18.4 Å². The molecule has 1 N–H and O–H groups in total. The topological polar surface area (TPSA) is 69.0 Å². The Morgan fingerprint density at radius 2 is 1.72 bits per heavy atom. The Morgan fingerprint density at radius 3 is 2.41 bits per heavy atom. The number of aromatic nitrogens is 3. The smallest absolute Gasteiger partial charge is 0.260 e. The summed E-state index contributed by atoms with van der Waals surface area (Å²) in [6, 6.07) is 22.7. The lowest BCUT2D eigenvalue weighted by molar-refractivity contribution is 0.102. The van der Waals surface area contributed by atoms with Crippen LogP contribution in [0, 0.1) is 6.92 Å². The van der Waals surface area contributed by atoms with E-state index < -0.39 is 0 Å². The Kier molecular flexibility index (Phi) is 5.07. The number of anilines is 1. The molecule has 6 nitrogen and oxygen atoms in total. The number of aryl methyl sites for hydroxylation is 1. The summed E-state index contributed by atoms with van der Waals surface area (Å²) in [6.07, 6.45) is 1.74. The third-order valence-electron chi connectivity index (χ3n) is 4.47. The number of hydrogen-bond acceptors (Lipinski definition) is 4. The molecule has 1 amide bonds. The van der Waals surface area contributed by atoms with Crippen molar-refractivity contribution in [3.63, 3.8) is 0 Å². The average Bonchev–Trinajstić information content (AvgIpc) is 3.20. The first-order chi connectivity index (χ1) is 14.1. The van der Waals surface area contributed by atoms with E-state index in [-0.39, 0.29) is 5.91 Å². The van der Waals surface area contributed by atoms with Crippen LogP contribution in [0.5, 0.6) is 5.75 Å². The summed E-state index contributed by atoms with van der Waals surface area (Å²) in [5, 5.41) is 7.55. The second-order valence-corrected chi connectivity index (χ2v) is 6.52. The fourth-order valence-corrected chi connectivity index (χ4v) is 3.01. The van der Waals surface area contributed by atoms with E-state index in [2.05, 4.69) is 15.4 Å². The molecule has 0 aliphatic carbocycles. The Morgan fingerprint density at radius 1 is 0.966 bits per heavy atom. The molecular formula is C23H20N4O2. The van der Waals surface area contributed by atoms with Gasteiger partial charge in [0.15, 0.2) is 0 Å². The van der Waals surface area contributed by atoms with Gasteiger partial charge in [-0.1, -0.05) is 24.3 Å². The fourth-order valence-electron chi connectivity index (χ4n) is 3.01. The Labute approximate surface area is 168 Å². The molecule has 4 aromatic rings. The van der Waals surface area contributed by atoms with E-state index in [1.54, 1.807) is 24.1 Å². The van der Waals surface area contributed by atoms with Crippen molar-refractivity contribution in [1.29, 1.82) is 0 Å². The van der Waals surface area contributed by atoms with Crippen molar-refractivity contribution < 1.29 is 9.53 Å². The molecule has 4 rings (SSSR count). The molecule has 29 heavy (non-hydrogen) atoms. The molecule has 2 aromatic heterocycles. The molecule has 0 fully saturated rings. The Bertz CT molecular complexity index is 1140. The van der Waals surface area contributed by atoms with Gasteiger partial charge in [-0.15, -0.1) is 0 Å². The first-order valence-electron chi connectivity index (χ1n) is 9.18. The van der Waals surface area contributed by atoms with E-state index in [0.717, 1.165) is 22.7 Å². The van der Waals surface area contributed by atoms with Crippen LogP contribution in [0.3, 0.4) is 0 Å². The number of amides is 1. The van der Waals surface area contributed by atoms with Crippen molar-refractivity contribution >= 4 is 11.7 Å². The molecule has 0 aliphatic heterocycles. The molecule has 0 spiro atoms. The third kappa shape index (κ3) is 4.01. The summed E-state index contributed by atoms with van der Waals surface area (Å²) in [7, 11) is 1.62. The normalized spacial score (nSPS) is 10.6. The highest BCUT2D eigenvalue weighted by molar-refractivity contribution is 6.07. The molecule has 0 aliphatic rings. The number of nitrogens with zero attached hydrogens (tertiary/aromatic N) is 3. The van der Waals surface area contributed by atoms with Gasteiger partial charge in [0, 0.05) is 17.5 Å². The van der Waals surface area contributed by atoms with E-state index in [9.17, 15) is 4.79 Å². The van der Waals surface area contributed by atoms with Crippen molar-refractivity contribution in [2.75, 3.05) is 12.4 Å². The molecule has 6 heteroatoms. The zero-order chi connectivity index (χ0) is 20.2. The second-order valence-electron chi connectivity index (χ2n) is 6.52. The van der Waals surface area contributed by atoms with E-state index >= 15 is 0 Å². The predicted octanol–water partition coefficient (Wildman–Crippen LogP) is 4.50. The minimum absolute atomic E-state index is 0.268. The lowest BCUT2D eigenvalue weighted by Gasteiger charge is -2.06. The van der Waals surface area contributed by atoms with E-state index in [1.807, 2.05) is 73.7 Å². The van der Waals surface area contributed by atoms with Crippen molar-refractivity contribution in [3.8, 4) is 22.7 Å². The summed E-state index contributed by atoms with van der Waals surface area (Å²) < 4.78 is 6.94. The number of hydrogen-bond donors (Lipinski definition) is 1. The summed E-state index contributed by atoms with van der Waals surface area (Å²) in [5.74, 6) is 0.977. The van der Waals surface area contributed by atoms with Crippen LogP contribution in [0.25, 0.3) is 16.9 Å². The monoisotopic (exact) mass is 384 g/mol. The maximum Gasteiger partial charge on any atom is 0.260 e. The van der Waals surface area contributed by atoms with Crippen molar-refractivity contribution in [2.24, 2.45) is 0 Å². The minimum Gasteiger partial charge on any atom is -0.497 e. The van der Waals surface area contributed by atoms with Crippen LogP contribution in [0.2, 0.25) is 0 Å². The van der Waals surface area contributed by atoms with Gasteiger partial charge in [0.25, 0.3) is 5.91 Å². The maximum absolute atomic E-state index is 13.1. The SMILES string of the molecule is COc1ccc(-c2nn(-c3ccccc3)cc2C(=O)Nc2cccc(C)n2)cc1. The number of methoxy groups -OCH3 is 1. The van der Waals surface area contributed by atoms with Gasteiger partial charge < -0.3 is 10.1 Å². The van der Waals surface area contributed by atoms with Crippen LogP contribution < -0.4 is 10.1 Å². The number of carbonyl (C=O) groups is 1. The van der Waals surface area contributed by atoms with Crippen LogP contribution >= 0.6 is 0 Å². The predicted molar refractivity (Wildman–Crippen MR) is 112 cm³/mol. The van der Waals surface area contributed by atoms with Crippen molar-refractivity contribution in [1.82, 2.24) is 14.8 Å². The first-order valence-corrected chi connectivity index (χ1v) is 9.18. The molecular weight excluding hydrogens is 364 g/mol. The number of pyridine rings is 1. The fraction of sp³-hybridized carbons (Fsp3) is 0.0870. The van der Waals surface area contributed by atoms with Crippen LogP contribution in [0.1, 0.15) is 16.1 Å². The molecule has 0 atom stereocenters. The number of rotatable bonds is 5. The third-order valence-corrected chi connectivity index (χ3v) is 4.47. The summed E-state index contributed by atoms with van der Waals surface area (Å²) in [6.45, 7) is 1.88. The largest absolute Gasteiger partial charge is 0.497 e. The van der Waals surface area contributed by atoms with Crippen LogP contribution in [-0.4, -0.2) is 27.8 Å². The molecule has 0 unspecified atom stereocenters. The molecule has 144 valence electrons. The number of ether oxygens (including phenoxy) is 1. The highest BCUT2D eigenvalue weighted by Gasteiger charge is 2.19. The maximum atomic E-state index is 13.1. The average molecular weight is 384 g/mol. The molecule has 0 saturated heterocycles. The van der Waals surface area contributed by atoms with Gasteiger partial charge in [-0.05, 0) is 55.5 Å². The zero-order valence-electron chi connectivity index (χ0n) is 16.2. The molecule has 0 radical (unpaired) electrons. The van der Waals surface area contributed by atoms with Crippen LogP contribution in [0.4, 0.5) is 5.82 Å². The standard InChI is InChI=1S/C23H20N4O2/c1-16-7-6-10-21(24-16)25-23(28)20-15-27(18-8-4-3-5-9-18)26-22(20)17-11-13-19(29-2)14-12-17/h3-15H,1-2H3,(H,24,25,28). The van der Waals surface area contributed by atoms with Gasteiger partial charge >= 0.3 is 0 Å². The van der Waals surface area contributed by atoms with Crippen molar-refractivity contribution in [2.45, 2.75) is 6.92 Å². The lowest BCUT2D eigenvalue weighted by atomic mass is 10.1. The molecule has 2 heterocycles. The van der Waals surface area contributed by atoms with Crippen molar-refractivity contribution in [3.05, 3.63) is 90.3 Å². The number of nitrogens with one attached hydrogen (secondary N) is 1. The number of carbonyl (C=O) groups excluding carboxylic acids is 1. The van der Waals surface area contributed by atoms with E-state index in [4.69, 9.17) is 4.74 Å².